The number of benzene rings is 1. The van der Waals surface area contributed by atoms with E-state index in [2.05, 4.69) is 0 Å². The van der Waals surface area contributed by atoms with Crippen molar-refractivity contribution in [2.75, 3.05) is 13.2 Å². The van der Waals surface area contributed by atoms with E-state index < -0.39 is 11.9 Å². The fourth-order valence-electron chi connectivity index (χ4n) is 1.31. The molecule has 6 nitrogen and oxygen atoms in total. The molecule has 0 aliphatic carbocycles. The van der Waals surface area contributed by atoms with E-state index in [1.807, 2.05) is 0 Å². The fourth-order valence-corrected chi connectivity index (χ4v) is 1.31. The number of hydrogen-bond donors (Lipinski definition) is 0. The molecular formula is C14H14O6. The molecule has 1 rings (SSSR count). The maximum absolute atomic E-state index is 11.5. The van der Waals surface area contributed by atoms with Gasteiger partial charge in [-0.15, -0.1) is 0 Å². The SMILES string of the molecule is O=CCCOC(=O)c1ccc(C(=O)OCCC=O)cc1. The Kier molecular flexibility index (Phi) is 6.67. The molecule has 0 fully saturated rings. The molecule has 0 unspecified atom stereocenters. The Morgan fingerprint density at radius 3 is 1.45 bits per heavy atom. The molecule has 1 aromatic rings. The van der Waals surface area contributed by atoms with Gasteiger partial charge in [-0.05, 0) is 24.3 Å². The maximum Gasteiger partial charge on any atom is 0.338 e. The van der Waals surface area contributed by atoms with Crippen LogP contribution in [0.15, 0.2) is 24.3 Å². The van der Waals surface area contributed by atoms with E-state index in [4.69, 9.17) is 9.47 Å². The third-order valence-corrected chi connectivity index (χ3v) is 2.29. The molecule has 0 bridgehead atoms. The average molecular weight is 278 g/mol. The minimum Gasteiger partial charge on any atom is -0.462 e. The van der Waals surface area contributed by atoms with E-state index in [1.54, 1.807) is 0 Å². The van der Waals surface area contributed by atoms with Crippen LogP contribution in [0.25, 0.3) is 0 Å². The van der Waals surface area contributed by atoms with E-state index >= 15 is 0 Å². The second kappa shape index (κ2) is 8.58. The maximum atomic E-state index is 11.5. The van der Waals surface area contributed by atoms with Crippen molar-refractivity contribution in [3.8, 4) is 0 Å². The molecule has 0 amide bonds. The molecule has 106 valence electrons. The summed E-state index contributed by atoms with van der Waals surface area (Å²) in [5.41, 5.74) is 0.556. The molecule has 0 N–H and O–H groups in total. The lowest BCUT2D eigenvalue weighted by Gasteiger charge is -2.05. The van der Waals surface area contributed by atoms with Crippen LogP contribution < -0.4 is 0 Å². The van der Waals surface area contributed by atoms with Crippen LogP contribution in [0.3, 0.4) is 0 Å². The molecule has 6 heteroatoms. The summed E-state index contributed by atoms with van der Waals surface area (Å²) >= 11 is 0. The Balaban J connectivity index is 2.54. The van der Waals surface area contributed by atoms with Crippen LogP contribution in [0.1, 0.15) is 33.6 Å². The van der Waals surface area contributed by atoms with Crippen LogP contribution in [0.5, 0.6) is 0 Å². The number of ether oxygens (including phenoxy) is 2. The van der Waals surface area contributed by atoms with Gasteiger partial charge in [-0.25, -0.2) is 9.59 Å². The highest BCUT2D eigenvalue weighted by molar-refractivity contribution is 5.93. The predicted octanol–water partition coefficient (Wildman–Crippen LogP) is 1.18. The van der Waals surface area contributed by atoms with Gasteiger partial charge in [0.05, 0.1) is 24.3 Å². The lowest BCUT2D eigenvalue weighted by molar-refractivity contribution is -0.109. The number of carbonyl (C=O) groups excluding carboxylic acids is 4. The minimum atomic E-state index is -0.562. The monoisotopic (exact) mass is 278 g/mol. The van der Waals surface area contributed by atoms with Crippen molar-refractivity contribution in [1.82, 2.24) is 0 Å². The largest absolute Gasteiger partial charge is 0.462 e. The number of carbonyl (C=O) groups is 4. The first kappa shape index (κ1) is 15.6. The minimum absolute atomic E-state index is 0.0256. The van der Waals surface area contributed by atoms with Gasteiger partial charge in [-0.2, -0.15) is 0 Å². The molecule has 0 aliphatic heterocycles. The highest BCUT2D eigenvalue weighted by Crippen LogP contribution is 2.07. The van der Waals surface area contributed by atoms with Crippen molar-refractivity contribution < 1.29 is 28.7 Å². The molecule has 0 saturated carbocycles. The molecule has 20 heavy (non-hydrogen) atoms. The normalized spacial score (nSPS) is 9.60. The van der Waals surface area contributed by atoms with Gasteiger partial charge in [0.15, 0.2) is 0 Å². The van der Waals surface area contributed by atoms with Crippen molar-refractivity contribution in [3.63, 3.8) is 0 Å². The predicted molar refractivity (Wildman–Crippen MR) is 68.4 cm³/mol. The summed E-state index contributed by atoms with van der Waals surface area (Å²) in [5, 5.41) is 0. The van der Waals surface area contributed by atoms with Gasteiger partial charge >= 0.3 is 11.9 Å². The molecule has 0 radical (unpaired) electrons. The Morgan fingerprint density at radius 2 is 1.15 bits per heavy atom. The second-order valence-electron chi connectivity index (χ2n) is 3.76. The highest BCUT2D eigenvalue weighted by Gasteiger charge is 2.10. The zero-order valence-corrected chi connectivity index (χ0v) is 10.7. The highest BCUT2D eigenvalue weighted by atomic mass is 16.5. The third-order valence-electron chi connectivity index (χ3n) is 2.29. The Labute approximate surface area is 115 Å². The van der Waals surface area contributed by atoms with Crippen molar-refractivity contribution in [2.24, 2.45) is 0 Å². The molecule has 0 heterocycles. The number of aldehydes is 2. The fraction of sp³-hybridized carbons (Fsp3) is 0.286. The second-order valence-corrected chi connectivity index (χ2v) is 3.76. The summed E-state index contributed by atoms with van der Waals surface area (Å²) in [6.07, 6.45) is 1.61. The Morgan fingerprint density at radius 1 is 0.800 bits per heavy atom. The van der Waals surface area contributed by atoms with Gasteiger partial charge in [0.25, 0.3) is 0 Å². The first-order valence-electron chi connectivity index (χ1n) is 6.00. The molecule has 1 aromatic carbocycles. The lowest BCUT2D eigenvalue weighted by Crippen LogP contribution is -2.09. The van der Waals surface area contributed by atoms with Gasteiger partial charge < -0.3 is 19.1 Å². The Hall–Kier alpha value is -2.50. The van der Waals surface area contributed by atoms with Crippen molar-refractivity contribution in [2.45, 2.75) is 12.8 Å². The summed E-state index contributed by atoms with van der Waals surface area (Å²) in [7, 11) is 0. The van der Waals surface area contributed by atoms with Crippen LogP contribution in [-0.4, -0.2) is 37.7 Å². The van der Waals surface area contributed by atoms with E-state index in [1.165, 1.54) is 24.3 Å². The zero-order chi connectivity index (χ0) is 14.8. The van der Waals surface area contributed by atoms with E-state index in [0.717, 1.165) is 0 Å². The topological polar surface area (TPSA) is 86.7 Å². The zero-order valence-electron chi connectivity index (χ0n) is 10.7. The molecule has 0 aliphatic rings. The number of rotatable bonds is 8. The first-order chi connectivity index (χ1) is 9.69. The van der Waals surface area contributed by atoms with Gasteiger partial charge in [-0.1, -0.05) is 0 Å². The van der Waals surface area contributed by atoms with Gasteiger partial charge in [0, 0.05) is 12.8 Å². The summed E-state index contributed by atoms with van der Waals surface area (Å²) in [6, 6.07) is 5.72. The van der Waals surface area contributed by atoms with Crippen LogP contribution in [0.4, 0.5) is 0 Å². The Bertz CT molecular complexity index is 432. The quantitative estimate of drug-likeness (QED) is 0.403. The molecule has 0 saturated heterocycles. The van der Waals surface area contributed by atoms with E-state index in [9.17, 15) is 19.2 Å². The summed E-state index contributed by atoms with van der Waals surface area (Å²) in [5.74, 6) is -1.12. The number of esters is 2. The summed E-state index contributed by atoms with van der Waals surface area (Å²) in [6.45, 7) is 0.0512. The standard InChI is InChI=1S/C14H14O6/c15-7-1-9-19-13(17)11-3-5-12(6-4-11)14(18)20-10-2-8-16/h3-8H,1-2,9-10H2. The smallest absolute Gasteiger partial charge is 0.338 e. The molecule has 0 spiro atoms. The van der Waals surface area contributed by atoms with Crippen LogP contribution >= 0.6 is 0 Å². The van der Waals surface area contributed by atoms with Gasteiger partial charge in [-0.3, -0.25) is 0 Å². The lowest BCUT2D eigenvalue weighted by atomic mass is 10.1. The van der Waals surface area contributed by atoms with Crippen LogP contribution in [0.2, 0.25) is 0 Å². The molecule has 0 atom stereocenters. The van der Waals surface area contributed by atoms with Crippen molar-refractivity contribution in [3.05, 3.63) is 35.4 Å². The summed E-state index contributed by atoms with van der Waals surface area (Å²) < 4.78 is 9.65. The first-order valence-corrected chi connectivity index (χ1v) is 6.00. The van der Waals surface area contributed by atoms with Gasteiger partial charge in [0.1, 0.15) is 12.6 Å². The van der Waals surface area contributed by atoms with E-state index in [0.29, 0.717) is 12.6 Å². The van der Waals surface area contributed by atoms with Crippen molar-refractivity contribution in [1.29, 1.82) is 0 Å². The van der Waals surface area contributed by atoms with Crippen LogP contribution in [0, 0.1) is 0 Å². The van der Waals surface area contributed by atoms with Crippen molar-refractivity contribution >= 4 is 24.5 Å². The summed E-state index contributed by atoms with van der Waals surface area (Å²) in [4.78, 5) is 43.2. The average Bonchev–Trinajstić information content (AvgIpc) is 2.47. The van der Waals surface area contributed by atoms with Gasteiger partial charge in [0.2, 0.25) is 0 Å². The molecular weight excluding hydrogens is 264 g/mol. The van der Waals surface area contributed by atoms with E-state index in [-0.39, 0.29) is 37.2 Å². The molecule has 0 aromatic heterocycles. The third kappa shape index (κ3) is 5.01. The number of hydrogen-bond acceptors (Lipinski definition) is 6. The van der Waals surface area contributed by atoms with Crippen LogP contribution in [-0.2, 0) is 19.1 Å².